The number of carbonyl (C=O) groups is 1. The molecule has 0 fully saturated rings. The zero-order valence-corrected chi connectivity index (χ0v) is 12.6. The summed E-state index contributed by atoms with van der Waals surface area (Å²) in [5, 5.41) is 5.08. The van der Waals surface area contributed by atoms with Crippen molar-refractivity contribution in [2.75, 3.05) is 19.6 Å². The molecule has 1 aliphatic heterocycles. The van der Waals surface area contributed by atoms with Gasteiger partial charge >= 0.3 is 0 Å². The molecule has 0 radical (unpaired) electrons. The van der Waals surface area contributed by atoms with Crippen LogP contribution in [0.1, 0.15) is 26.6 Å². The van der Waals surface area contributed by atoms with Crippen molar-refractivity contribution in [1.29, 1.82) is 0 Å². The monoisotopic (exact) mass is 305 g/mol. The topological polar surface area (TPSA) is 71.5 Å². The van der Waals surface area contributed by atoms with Crippen LogP contribution in [0, 0.1) is 0 Å². The van der Waals surface area contributed by atoms with Gasteiger partial charge in [0, 0.05) is 31.1 Å². The summed E-state index contributed by atoms with van der Waals surface area (Å²) in [5.41, 5.74) is 7.43. The number of nitrogens with one attached hydrogen (secondary N) is 1. The largest absolute Gasteiger partial charge is 0.467 e. The van der Waals surface area contributed by atoms with Gasteiger partial charge in [0.25, 0.3) is 5.91 Å². The van der Waals surface area contributed by atoms with Crippen molar-refractivity contribution in [3.63, 3.8) is 0 Å². The second kappa shape index (κ2) is 6.43. The molecule has 0 saturated carbocycles. The van der Waals surface area contributed by atoms with Crippen LogP contribution in [0.15, 0.2) is 28.2 Å². The Hall–Kier alpha value is -1.63. The number of nitrogens with two attached hydrogens (primary N) is 1. The van der Waals surface area contributed by atoms with E-state index in [1.165, 1.54) is 16.7 Å². The zero-order valence-electron chi connectivity index (χ0n) is 11.8. The first-order valence-electron chi connectivity index (χ1n) is 7.09. The SMILES string of the molecule is NCc1cc(C(=O)NCCN2CCc3sccc3C2)co1. The summed E-state index contributed by atoms with van der Waals surface area (Å²) in [6, 6.07) is 3.89. The number of furan rings is 1. The number of amides is 1. The van der Waals surface area contributed by atoms with Crippen LogP contribution in [0.4, 0.5) is 0 Å². The molecule has 2 aromatic rings. The molecule has 0 atom stereocenters. The predicted molar refractivity (Wildman–Crippen MR) is 82.2 cm³/mol. The van der Waals surface area contributed by atoms with Crippen molar-refractivity contribution in [2.45, 2.75) is 19.5 Å². The third-order valence-corrected chi connectivity index (χ3v) is 4.74. The molecule has 2 aromatic heterocycles. The lowest BCUT2D eigenvalue weighted by Crippen LogP contribution is -2.37. The van der Waals surface area contributed by atoms with E-state index in [0.717, 1.165) is 26.1 Å². The molecule has 0 aromatic carbocycles. The molecular formula is C15H19N3O2S. The molecule has 5 nitrogen and oxygen atoms in total. The second-order valence-electron chi connectivity index (χ2n) is 5.16. The molecule has 112 valence electrons. The van der Waals surface area contributed by atoms with Crippen LogP contribution in [0.25, 0.3) is 0 Å². The van der Waals surface area contributed by atoms with Crippen molar-refractivity contribution >= 4 is 17.2 Å². The van der Waals surface area contributed by atoms with Crippen molar-refractivity contribution in [2.24, 2.45) is 5.73 Å². The van der Waals surface area contributed by atoms with Gasteiger partial charge in [-0.05, 0) is 29.5 Å². The lowest BCUT2D eigenvalue weighted by molar-refractivity contribution is 0.0946. The van der Waals surface area contributed by atoms with Crippen LogP contribution in [-0.2, 0) is 19.5 Å². The third-order valence-electron chi connectivity index (χ3n) is 3.72. The van der Waals surface area contributed by atoms with Crippen molar-refractivity contribution in [1.82, 2.24) is 10.2 Å². The number of nitrogens with zero attached hydrogens (tertiary/aromatic N) is 1. The summed E-state index contributed by atoms with van der Waals surface area (Å²) in [6.45, 7) is 3.86. The summed E-state index contributed by atoms with van der Waals surface area (Å²) in [4.78, 5) is 15.8. The Bertz CT molecular complexity index is 620. The highest BCUT2D eigenvalue weighted by molar-refractivity contribution is 7.10. The summed E-state index contributed by atoms with van der Waals surface area (Å²) in [7, 11) is 0. The minimum Gasteiger partial charge on any atom is -0.467 e. The normalized spacial score (nSPS) is 14.9. The van der Waals surface area contributed by atoms with Gasteiger partial charge in [-0.15, -0.1) is 11.3 Å². The molecule has 6 heteroatoms. The van der Waals surface area contributed by atoms with Crippen LogP contribution < -0.4 is 11.1 Å². The highest BCUT2D eigenvalue weighted by Crippen LogP contribution is 2.23. The van der Waals surface area contributed by atoms with E-state index in [1.807, 2.05) is 11.3 Å². The van der Waals surface area contributed by atoms with Crippen molar-refractivity contribution in [3.05, 3.63) is 45.5 Å². The third kappa shape index (κ3) is 3.34. The average Bonchev–Trinajstić information content (AvgIpc) is 3.15. The molecule has 0 spiro atoms. The molecule has 0 bridgehead atoms. The van der Waals surface area contributed by atoms with Gasteiger partial charge in [-0.2, -0.15) is 0 Å². The Balaban J connectivity index is 1.45. The van der Waals surface area contributed by atoms with Gasteiger partial charge in [0.2, 0.25) is 0 Å². The predicted octanol–water partition coefficient (Wildman–Crippen LogP) is 1.59. The summed E-state index contributed by atoms with van der Waals surface area (Å²) < 4.78 is 5.17. The quantitative estimate of drug-likeness (QED) is 0.880. The molecule has 3 rings (SSSR count). The number of hydrogen-bond acceptors (Lipinski definition) is 5. The number of carbonyl (C=O) groups excluding carboxylic acids is 1. The fourth-order valence-corrected chi connectivity index (χ4v) is 3.42. The molecule has 0 aliphatic carbocycles. The minimum absolute atomic E-state index is 0.105. The minimum atomic E-state index is -0.105. The Morgan fingerprint density at radius 3 is 3.24 bits per heavy atom. The molecule has 1 amide bonds. The van der Waals surface area contributed by atoms with Crippen LogP contribution in [-0.4, -0.2) is 30.4 Å². The van der Waals surface area contributed by atoms with E-state index < -0.39 is 0 Å². The van der Waals surface area contributed by atoms with Gasteiger partial charge in [0.15, 0.2) is 0 Å². The van der Waals surface area contributed by atoms with Gasteiger partial charge in [-0.25, -0.2) is 0 Å². The van der Waals surface area contributed by atoms with Crippen molar-refractivity contribution < 1.29 is 9.21 Å². The fourth-order valence-electron chi connectivity index (χ4n) is 2.53. The van der Waals surface area contributed by atoms with E-state index >= 15 is 0 Å². The molecular weight excluding hydrogens is 286 g/mol. The van der Waals surface area contributed by atoms with Crippen molar-refractivity contribution in [3.8, 4) is 0 Å². The molecule has 3 heterocycles. The Labute approximate surface area is 127 Å². The van der Waals surface area contributed by atoms with E-state index in [9.17, 15) is 4.79 Å². The summed E-state index contributed by atoms with van der Waals surface area (Å²) in [5.74, 6) is 0.521. The van der Waals surface area contributed by atoms with Gasteiger partial charge in [0.05, 0.1) is 12.1 Å². The molecule has 0 saturated heterocycles. The first-order valence-corrected chi connectivity index (χ1v) is 7.97. The maximum absolute atomic E-state index is 11.9. The van der Waals surface area contributed by atoms with Crippen LogP contribution >= 0.6 is 11.3 Å². The highest BCUT2D eigenvalue weighted by Gasteiger charge is 2.17. The Morgan fingerprint density at radius 2 is 2.43 bits per heavy atom. The average molecular weight is 305 g/mol. The lowest BCUT2D eigenvalue weighted by Gasteiger charge is -2.26. The fraction of sp³-hybridized carbons (Fsp3) is 0.400. The molecule has 1 aliphatic rings. The number of hydrogen-bond donors (Lipinski definition) is 2. The van der Waals surface area contributed by atoms with Crippen LogP contribution in [0.5, 0.6) is 0 Å². The Kier molecular flexibility index (Phi) is 4.38. The first kappa shape index (κ1) is 14.3. The van der Waals surface area contributed by atoms with Crippen LogP contribution in [0.2, 0.25) is 0 Å². The first-order chi connectivity index (χ1) is 10.3. The van der Waals surface area contributed by atoms with E-state index in [4.69, 9.17) is 10.2 Å². The second-order valence-corrected chi connectivity index (χ2v) is 6.16. The zero-order chi connectivity index (χ0) is 14.7. The maximum Gasteiger partial charge on any atom is 0.254 e. The smallest absolute Gasteiger partial charge is 0.254 e. The number of thiophene rings is 1. The molecule has 0 unspecified atom stereocenters. The lowest BCUT2D eigenvalue weighted by atomic mass is 10.1. The molecule has 21 heavy (non-hydrogen) atoms. The Morgan fingerprint density at radius 1 is 1.52 bits per heavy atom. The summed E-state index contributed by atoms with van der Waals surface area (Å²) in [6.07, 6.45) is 2.57. The van der Waals surface area contributed by atoms with E-state index in [-0.39, 0.29) is 5.91 Å². The van der Waals surface area contributed by atoms with E-state index in [2.05, 4.69) is 21.7 Å². The number of fused-ring (bicyclic) bond motifs is 1. The molecule has 3 N–H and O–H groups in total. The van der Waals surface area contributed by atoms with E-state index in [1.54, 1.807) is 6.07 Å². The van der Waals surface area contributed by atoms with E-state index in [0.29, 0.717) is 24.4 Å². The maximum atomic E-state index is 11.9. The van der Waals surface area contributed by atoms with Gasteiger partial charge in [-0.3, -0.25) is 9.69 Å². The van der Waals surface area contributed by atoms with Gasteiger partial charge in [0.1, 0.15) is 12.0 Å². The highest BCUT2D eigenvalue weighted by atomic mass is 32.1. The van der Waals surface area contributed by atoms with Gasteiger partial charge in [-0.1, -0.05) is 0 Å². The van der Waals surface area contributed by atoms with Crippen LogP contribution in [0.3, 0.4) is 0 Å². The number of rotatable bonds is 5. The summed E-state index contributed by atoms with van der Waals surface area (Å²) >= 11 is 1.84. The van der Waals surface area contributed by atoms with Gasteiger partial charge < -0.3 is 15.5 Å². The standard InChI is InChI=1S/C15H19N3O2S/c16-8-13-7-12(10-20-13)15(19)17-3-5-18-4-1-14-11(9-18)2-6-21-14/h2,6-7,10H,1,3-5,8-9,16H2,(H,17,19).